The topological polar surface area (TPSA) is 8.17 Å². The molecule has 0 bridgehead atoms. The molecule has 2 aliphatic rings. The SMILES string of the molecule is C1=CC(c2cc(-c3ccccc3)cc(-n3c4ccccc4c4c5c(ccc43)Sc3ccccc3N5c3ccccc3)c2)=CCC1. The minimum Gasteiger partial charge on any atom is -0.309 e. The molecule has 45 heavy (non-hydrogen) atoms. The summed E-state index contributed by atoms with van der Waals surface area (Å²) in [5.41, 5.74) is 12.2. The van der Waals surface area contributed by atoms with E-state index in [0.717, 1.165) is 12.8 Å². The molecule has 0 radical (unpaired) electrons. The molecule has 2 heterocycles. The van der Waals surface area contributed by atoms with Gasteiger partial charge in [-0.05, 0) is 95.8 Å². The van der Waals surface area contributed by atoms with Gasteiger partial charge in [-0.3, -0.25) is 0 Å². The average molecular weight is 595 g/mol. The smallest absolute Gasteiger partial charge is 0.0701 e. The van der Waals surface area contributed by atoms with Crippen molar-refractivity contribution >= 4 is 56.2 Å². The number of hydrogen-bond donors (Lipinski definition) is 0. The van der Waals surface area contributed by atoms with Crippen LogP contribution < -0.4 is 4.90 Å². The van der Waals surface area contributed by atoms with E-state index in [1.54, 1.807) is 0 Å². The van der Waals surface area contributed by atoms with Gasteiger partial charge in [-0.15, -0.1) is 0 Å². The molecule has 1 aliphatic carbocycles. The van der Waals surface area contributed by atoms with Gasteiger partial charge >= 0.3 is 0 Å². The summed E-state index contributed by atoms with van der Waals surface area (Å²) in [4.78, 5) is 5.00. The van der Waals surface area contributed by atoms with E-state index in [1.165, 1.54) is 76.6 Å². The molecular weight excluding hydrogens is 565 g/mol. The van der Waals surface area contributed by atoms with E-state index in [4.69, 9.17) is 0 Å². The highest BCUT2D eigenvalue weighted by molar-refractivity contribution is 7.99. The maximum Gasteiger partial charge on any atom is 0.0701 e. The molecule has 0 unspecified atom stereocenters. The van der Waals surface area contributed by atoms with Crippen molar-refractivity contribution in [3.05, 3.63) is 163 Å². The molecule has 1 aromatic heterocycles. The first-order chi connectivity index (χ1) is 22.3. The van der Waals surface area contributed by atoms with E-state index in [1.807, 2.05) is 11.8 Å². The Hall–Kier alpha value is -5.25. The number of anilines is 3. The molecule has 2 nitrogen and oxygen atoms in total. The first-order valence-electron chi connectivity index (χ1n) is 15.6. The number of allylic oxidation sites excluding steroid dienone is 4. The molecule has 0 N–H and O–H groups in total. The van der Waals surface area contributed by atoms with Crippen molar-refractivity contribution in [1.82, 2.24) is 4.57 Å². The van der Waals surface area contributed by atoms with E-state index in [-0.39, 0.29) is 0 Å². The van der Waals surface area contributed by atoms with Crippen LogP contribution in [0.3, 0.4) is 0 Å². The lowest BCUT2D eigenvalue weighted by Gasteiger charge is -2.33. The third-order valence-corrected chi connectivity index (χ3v) is 10.1. The number of nitrogens with zero attached hydrogens (tertiary/aromatic N) is 2. The lowest BCUT2D eigenvalue weighted by atomic mass is 9.95. The third kappa shape index (κ3) is 4.34. The fourth-order valence-corrected chi connectivity index (χ4v) is 8.02. The van der Waals surface area contributed by atoms with Gasteiger partial charge in [-0.25, -0.2) is 0 Å². The number of benzene rings is 6. The van der Waals surface area contributed by atoms with Gasteiger partial charge < -0.3 is 9.47 Å². The van der Waals surface area contributed by atoms with Crippen LogP contribution in [0.1, 0.15) is 18.4 Å². The predicted molar refractivity (Wildman–Crippen MR) is 191 cm³/mol. The van der Waals surface area contributed by atoms with Crippen LogP contribution in [0.25, 0.3) is 44.2 Å². The maximum atomic E-state index is 2.47. The van der Waals surface area contributed by atoms with Crippen molar-refractivity contribution in [1.29, 1.82) is 0 Å². The number of aromatic nitrogens is 1. The number of para-hydroxylation sites is 3. The van der Waals surface area contributed by atoms with Crippen molar-refractivity contribution in [2.75, 3.05) is 4.90 Å². The summed E-state index contributed by atoms with van der Waals surface area (Å²) in [5, 5.41) is 2.53. The van der Waals surface area contributed by atoms with Crippen molar-refractivity contribution in [3.63, 3.8) is 0 Å². The van der Waals surface area contributed by atoms with Gasteiger partial charge in [0, 0.05) is 31.9 Å². The first kappa shape index (κ1) is 26.2. The molecule has 7 aromatic rings. The van der Waals surface area contributed by atoms with E-state index < -0.39 is 0 Å². The molecule has 1 aliphatic heterocycles. The van der Waals surface area contributed by atoms with Crippen molar-refractivity contribution in [2.45, 2.75) is 22.6 Å². The normalized spacial score (nSPS) is 14.0. The number of fused-ring (bicyclic) bond motifs is 6. The van der Waals surface area contributed by atoms with Gasteiger partial charge in [0.1, 0.15) is 0 Å². The molecule has 214 valence electrons. The van der Waals surface area contributed by atoms with E-state index in [9.17, 15) is 0 Å². The summed E-state index contributed by atoms with van der Waals surface area (Å²) < 4.78 is 2.47. The molecule has 0 amide bonds. The number of hydrogen-bond acceptors (Lipinski definition) is 2. The van der Waals surface area contributed by atoms with E-state index in [2.05, 4.69) is 167 Å². The Labute approximate surface area is 267 Å². The van der Waals surface area contributed by atoms with Crippen molar-refractivity contribution in [3.8, 4) is 16.8 Å². The monoisotopic (exact) mass is 594 g/mol. The van der Waals surface area contributed by atoms with Crippen molar-refractivity contribution < 1.29 is 0 Å². The van der Waals surface area contributed by atoms with Crippen LogP contribution in [0.5, 0.6) is 0 Å². The highest BCUT2D eigenvalue weighted by Gasteiger charge is 2.29. The Balaban J connectivity index is 1.36. The van der Waals surface area contributed by atoms with Crippen molar-refractivity contribution in [2.24, 2.45) is 0 Å². The molecule has 0 saturated carbocycles. The average Bonchev–Trinajstić information content (AvgIpc) is 3.46. The van der Waals surface area contributed by atoms with Gasteiger partial charge in [0.05, 0.1) is 22.4 Å². The lowest BCUT2D eigenvalue weighted by Crippen LogP contribution is -2.15. The Morgan fingerprint density at radius 2 is 1.29 bits per heavy atom. The zero-order valence-electron chi connectivity index (χ0n) is 24.7. The highest BCUT2D eigenvalue weighted by atomic mass is 32.2. The first-order valence-corrected chi connectivity index (χ1v) is 16.4. The molecule has 0 atom stereocenters. The zero-order valence-corrected chi connectivity index (χ0v) is 25.5. The lowest BCUT2D eigenvalue weighted by molar-refractivity contribution is 1.04. The standard InChI is InChI=1S/C42H30N2S/c1-4-14-29(15-5-1)31-26-32(30-16-6-2-7-17-30)28-34(27-31)43-36-21-11-10-20-35(36)41-38(43)24-25-40-42(41)44(33-18-8-3-9-19-33)37-22-12-13-23-39(37)45-40/h1,3-6,8-28H,2,7H2. The molecule has 3 heteroatoms. The molecule has 0 saturated heterocycles. The molecule has 6 aromatic carbocycles. The second-order valence-electron chi connectivity index (χ2n) is 11.7. The zero-order chi connectivity index (χ0) is 29.7. The molecule has 0 fully saturated rings. The molecule has 0 spiro atoms. The summed E-state index contributed by atoms with van der Waals surface area (Å²) in [6.45, 7) is 0. The van der Waals surface area contributed by atoms with Gasteiger partial charge in [-0.2, -0.15) is 0 Å². The van der Waals surface area contributed by atoms with Crippen LogP contribution in [-0.2, 0) is 0 Å². The van der Waals surface area contributed by atoms with Gasteiger partial charge in [0.2, 0.25) is 0 Å². The molecular formula is C42H30N2S. The van der Waals surface area contributed by atoms with Gasteiger partial charge in [-0.1, -0.05) is 109 Å². The Kier molecular flexibility index (Phi) is 6.24. The predicted octanol–water partition coefficient (Wildman–Crippen LogP) is 12.1. The summed E-state index contributed by atoms with van der Waals surface area (Å²) in [6.07, 6.45) is 9.14. The highest BCUT2D eigenvalue weighted by Crippen LogP contribution is 2.55. The Bertz CT molecular complexity index is 2290. The van der Waals surface area contributed by atoms with Crippen LogP contribution in [-0.4, -0.2) is 4.57 Å². The van der Waals surface area contributed by atoms with Crippen LogP contribution in [0.4, 0.5) is 17.1 Å². The third-order valence-electron chi connectivity index (χ3n) is 8.95. The van der Waals surface area contributed by atoms with E-state index >= 15 is 0 Å². The minimum atomic E-state index is 1.08. The molecule has 9 rings (SSSR count). The Morgan fingerprint density at radius 1 is 0.533 bits per heavy atom. The maximum absolute atomic E-state index is 2.47. The summed E-state index contributed by atoms with van der Waals surface area (Å²) >= 11 is 1.86. The fourth-order valence-electron chi connectivity index (χ4n) is 6.95. The van der Waals surface area contributed by atoms with Crippen LogP contribution in [0.15, 0.2) is 168 Å². The number of rotatable bonds is 4. The van der Waals surface area contributed by atoms with Crippen LogP contribution >= 0.6 is 11.8 Å². The van der Waals surface area contributed by atoms with E-state index in [0.29, 0.717) is 0 Å². The van der Waals surface area contributed by atoms with Crippen LogP contribution in [0.2, 0.25) is 0 Å². The summed E-state index contributed by atoms with van der Waals surface area (Å²) in [5.74, 6) is 0. The second-order valence-corrected chi connectivity index (χ2v) is 12.8. The quantitative estimate of drug-likeness (QED) is 0.200. The summed E-state index contributed by atoms with van der Waals surface area (Å²) in [7, 11) is 0. The largest absolute Gasteiger partial charge is 0.309 e. The fraction of sp³-hybridized carbons (Fsp3) is 0.0476. The van der Waals surface area contributed by atoms with Gasteiger partial charge in [0.15, 0.2) is 0 Å². The van der Waals surface area contributed by atoms with Gasteiger partial charge in [0.25, 0.3) is 0 Å². The summed E-state index contributed by atoms with van der Waals surface area (Å²) in [6, 6.07) is 50.9. The van der Waals surface area contributed by atoms with Crippen LogP contribution in [0, 0.1) is 0 Å². The minimum absolute atomic E-state index is 1.08. The Morgan fingerprint density at radius 3 is 2.13 bits per heavy atom. The second kappa shape index (κ2) is 10.7.